The molecule has 21 heavy (non-hydrogen) atoms. The van der Waals surface area contributed by atoms with Crippen LogP contribution in [0.25, 0.3) is 0 Å². The van der Waals surface area contributed by atoms with Crippen molar-refractivity contribution in [2.75, 3.05) is 19.7 Å². The van der Waals surface area contributed by atoms with Gasteiger partial charge in [-0.1, -0.05) is 30.9 Å². The first kappa shape index (κ1) is 16.7. The van der Waals surface area contributed by atoms with Crippen LogP contribution in [0.2, 0.25) is 0 Å². The molecule has 2 amide bonds. The van der Waals surface area contributed by atoms with E-state index in [9.17, 15) is 9.59 Å². The van der Waals surface area contributed by atoms with Gasteiger partial charge in [0, 0.05) is 26.1 Å². The predicted molar refractivity (Wildman–Crippen MR) is 87.2 cm³/mol. The van der Waals surface area contributed by atoms with Crippen molar-refractivity contribution in [1.29, 1.82) is 0 Å². The predicted octanol–water partition coefficient (Wildman–Crippen LogP) is 1.70. The summed E-state index contributed by atoms with van der Waals surface area (Å²) in [6.45, 7) is 3.91. The van der Waals surface area contributed by atoms with Gasteiger partial charge in [-0.15, -0.1) is 0 Å². The van der Waals surface area contributed by atoms with Gasteiger partial charge in [0.15, 0.2) is 0 Å². The van der Waals surface area contributed by atoms with Gasteiger partial charge >= 0.3 is 0 Å². The van der Waals surface area contributed by atoms with Crippen LogP contribution in [0.3, 0.4) is 0 Å². The molecule has 118 valence electrons. The number of ether oxygens (including phenoxy) is 1. The molecule has 0 aromatic heterocycles. The molecule has 2 aliphatic rings. The maximum Gasteiger partial charge on any atom is 0.241 e. The molecule has 2 heterocycles. The summed E-state index contributed by atoms with van der Waals surface area (Å²) in [7, 11) is 0. The number of hydrogen-bond donors (Lipinski definition) is 1. The first-order chi connectivity index (χ1) is 10.1. The minimum atomic E-state index is -0.0363. The van der Waals surface area contributed by atoms with E-state index in [1.54, 1.807) is 4.90 Å². The van der Waals surface area contributed by atoms with Crippen molar-refractivity contribution in [3.05, 3.63) is 0 Å². The van der Waals surface area contributed by atoms with E-state index < -0.39 is 0 Å². The average Bonchev–Trinajstić information content (AvgIpc) is 3.07. The molecule has 2 rings (SSSR count). The van der Waals surface area contributed by atoms with Crippen LogP contribution in [0.4, 0.5) is 0 Å². The van der Waals surface area contributed by atoms with E-state index in [1.807, 2.05) is 6.92 Å². The first-order valence-corrected chi connectivity index (χ1v) is 8.81. The third kappa shape index (κ3) is 4.66. The maximum absolute atomic E-state index is 12.0. The highest BCUT2D eigenvalue weighted by molar-refractivity contribution is 8.24. The number of thiocarbonyl (C=S) groups is 1. The zero-order valence-electron chi connectivity index (χ0n) is 12.3. The lowest BCUT2D eigenvalue weighted by atomic mass is 10.2. The van der Waals surface area contributed by atoms with E-state index in [1.165, 1.54) is 11.8 Å². The summed E-state index contributed by atoms with van der Waals surface area (Å²) in [5, 5.41) is 2.85. The lowest BCUT2D eigenvalue weighted by Gasteiger charge is -2.15. The Hall–Kier alpha value is -0.660. The number of hydrogen-bond acceptors (Lipinski definition) is 5. The van der Waals surface area contributed by atoms with E-state index in [4.69, 9.17) is 17.0 Å². The Morgan fingerprint density at radius 1 is 1.57 bits per heavy atom. The molecular formula is C14H22N2O3S2. The molecule has 2 unspecified atom stereocenters. The molecular weight excluding hydrogens is 308 g/mol. The Balaban J connectivity index is 1.63. The second-order valence-electron chi connectivity index (χ2n) is 5.31. The van der Waals surface area contributed by atoms with E-state index in [2.05, 4.69) is 5.32 Å². The summed E-state index contributed by atoms with van der Waals surface area (Å²) in [6, 6.07) is 0. The summed E-state index contributed by atoms with van der Waals surface area (Å²) >= 11 is 6.67. The molecule has 0 aliphatic carbocycles. The number of nitrogens with one attached hydrogen (secondary N) is 1. The van der Waals surface area contributed by atoms with Gasteiger partial charge in [-0.25, -0.2) is 0 Å². The monoisotopic (exact) mass is 330 g/mol. The normalized spacial score (nSPS) is 25.7. The number of carbonyl (C=O) groups is 2. The van der Waals surface area contributed by atoms with Gasteiger partial charge in [-0.05, 0) is 25.7 Å². The van der Waals surface area contributed by atoms with Gasteiger partial charge in [-0.3, -0.25) is 14.5 Å². The minimum absolute atomic E-state index is 0.0164. The van der Waals surface area contributed by atoms with Crippen LogP contribution in [0, 0.1) is 0 Å². The zero-order chi connectivity index (χ0) is 15.2. The van der Waals surface area contributed by atoms with Crippen molar-refractivity contribution in [3.8, 4) is 0 Å². The second kappa shape index (κ2) is 8.10. The van der Waals surface area contributed by atoms with Crippen molar-refractivity contribution in [2.45, 2.75) is 50.4 Å². The van der Waals surface area contributed by atoms with Crippen molar-refractivity contribution in [1.82, 2.24) is 10.2 Å². The molecule has 0 aromatic rings. The molecule has 7 heteroatoms. The van der Waals surface area contributed by atoms with Gasteiger partial charge < -0.3 is 10.1 Å². The fraction of sp³-hybridized carbons (Fsp3) is 0.786. The second-order valence-corrected chi connectivity index (χ2v) is 7.15. The number of rotatable bonds is 7. The molecule has 0 radical (unpaired) electrons. The average molecular weight is 330 g/mol. The van der Waals surface area contributed by atoms with E-state index in [-0.39, 0.29) is 23.2 Å². The Morgan fingerprint density at radius 2 is 2.38 bits per heavy atom. The van der Waals surface area contributed by atoms with Crippen LogP contribution in [0.1, 0.15) is 39.0 Å². The third-order valence-corrected chi connectivity index (χ3v) is 5.46. The SMILES string of the molecule is CCC1SC(=S)N(CCCC(=O)NCC2CCCO2)C1=O. The smallest absolute Gasteiger partial charge is 0.241 e. The van der Waals surface area contributed by atoms with Crippen LogP contribution in [-0.2, 0) is 14.3 Å². The molecule has 2 atom stereocenters. The topological polar surface area (TPSA) is 58.6 Å². The van der Waals surface area contributed by atoms with Gasteiger partial charge in [0.2, 0.25) is 11.8 Å². The Morgan fingerprint density at radius 3 is 3.00 bits per heavy atom. The van der Waals surface area contributed by atoms with Crippen molar-refractivity contribution < 1.29 is 14.3 Å². The van der Waals surface area contributed by atoms with Crippen molar-refractivity contribution >= 4 is 40.1 Å². The molecule has 0 spiro atoms. The highest BCUT2D eigenvalue weighted by Gasteiger charge is 2.35. The first-order valence-electron chi connectivity index (χ1n) is 7.52. The summed E-state index contributed by atoms with van der Waals surface area (Å²) in [4.78, 5) is 25.4. The Labute approximate surface area is 135 Å². The Kier molecular flexibility index (Phi) is 6.44. The summed E-state index contributed by atoms with van der Waals surface area (Å²) < 4.78 is 6.10. The van der Waals surface area contributed by atoms with Crippen LogP contribution in [0.5, 0.6) is 0 Å². The number of thioether (sulfide) groups is 1. The number of amides is 2. The maximum atomic E-state index is 12.0. The molecule has 2 fully saturated rings. The van der Waals surface area contributed by atoms with Crippen LogP contribution < -0.4 is 5.32 Å². The summed E-state index contributed by atoms with van der Waals surface area (Å²) in [5.41, 5.74) is 0. The van der Waals surface area contributed by atoms with Crippen LogP contribution >= 0.6 is 24.0 Å². The largest absolute Gasteiger partial charge is 0.376 e. The fourth-order valence-corrected chi connectivity index (χ4v) is 3.95. The molecule has 1 N–H and O–H groups in total. The van der Waals surface area contributed by atoms with E-state index in [0.29, 0.717) is 30.3 Å². The molecule has 0 bridgehead atoms. The molecule has 5 nitrogen and oxygen atoms in total. The quantitative estimate of drug-likeness (QED) is 0.720. The van der Waals surface area contributed by atoms with E-state index in [0.717, 1.165) is 25.9 Å². The highest BCUT2D eigenvalue weighted by Crippen LogP contribution is 2.29. The van der Waals surface area contributed by atoms with Gasteiger partial charge in [0.1, 0.15) is 4.32 Å². The Bertz CT molecular complexity index is 411. The standard InChI is InChI=1S/C14H22N2O3S2/c1-2-11-13(18)16(14(20)21-11)7-3-6-12(17)15-9-10-5-4-8-19-10/h10-11H,2-9H2,1H3,(H,15,17). The van der Waals surface area contributed by atoms with E-state index >= 15 is 0 Å². The molecule has 2 aliphatic heterocycles. The van der Waals surface area contributed by atoms with Crippen molar-refractivity contribution in [2.24, 2.45) is 0 Å². The minimum Gasteiger partial charge on any atom is -0.376 e. The summed E-state index contributed by atoms with van der Waals surface area (Å²) in [6.07, 6.45) is 4.11. The summed E-state index contributed by atoms with van der Waals surface area (Å²) in [5.74, 6) is 0.107. The van der Waals surface area contributed by atoms with Crippen molar-refractivity contribution in [3.63, 3.8) is 0 Å². The number of nitrogens with zero attached hydrogens (tertiary/aromatic N) is 1. The van der Waals surface area contributed by atoms with Gasteiger partial charge in [-0.2, -0.15) is 0 Å². The third-order valence-electron chi connectivity index (χ3n) is 3.71. The molecule has 0 aromatic carbocycles. The van der Waals surface area contributed by atoms with Gasteiger partial charge in [0.25, 0.3) is 0 Å². The fourth-order valence-electron chi connectivity index (χ4n) is 2.48. The van der Waals surface area contributed by atoms with Crippen LogP contribution in [-0.4, -0.2) is 52.1 Å². The van der Waals surface area contributed by atoms with Crippen LogP contribution in [0.15, 0.2) is 0 Å². The highest BCUT2D eigenvalue weighted by atomic mass is 32.2. The van der Waals surface area contributed by atoms with Gasteiger partial charge in [0.05, 0.1) is 11.4 Å². The lowest BCUT2D eigenvalue weighted by molar-refractivity contribution is -0.127. The zero-order valence-corrected chi connectivity index (χ0v) is 13.9. The lowest BCUT2D eigenvalue weighted by Crippen LogP contribution is -2.34. The molecule has 0 saturated carbocycles. The molecule has 2 saturated heterocycles. The number of carbonyl (C=O) groups excluding carboxylic acids is 2.